The van der Waals surface area contributed by atoms with Crippen molar-refractivity contribution in [2.75, 3.05) is 21.3 Å². The fourth-order valence-corrected chi connectivity index (χ4v) is 1.41. The number of methoxy groups -OCH3 is 3. The van der Waals surface area contributed by atoms with Crippen molar-refractivity contribution in [1.82, 2.24) is 0 Å². The fourth-order valence-electron chi connectivity index (χ4n) is 1.41. The van der Waals surface area contributed by atoms with Gasteiger partial charge in [0.15, 0.2) is 11.5 Å². The summed E-state index contributed by atoms with van der Waals surface area (Å²) in [5, 5.41) is 0. The second-order valence-corrected chi connectivity index (χ2v) is 2.94. The monoisotopic (exact) mass is 209 g/mol. The first-order chi connectivity index (χ1) is 7.19. The van der Waals surface area contributed by atoms with Crippen LogP contribution in [-0.2, 0) is 4.79 Å². The van der Waals surface area contributed by atoms with Crippen molar-refractivity contribution in [2.45, 2.75) is 6.92 Å². The highest BCUT2D eigenvalue weighted by atomic mass is 16.5. The molecule has 0 atom stereocenters. The van der Waals surface area contributed by atoms with E-state index in [1.165, 1.54) is 21.3 Å². The van der Waals surface area contributed by atoms with Crippen LogP contribution < -0.4 is 14.2 Å². The molecule has 1 radical (unpaired) electrons. The van der Waals surface area contributed by atoms with Crippen molar-refractivity contribution in [3.05, 3.63) is 17.2 Å². The van der Waals surface area contributed by atoms with Crippen LogP contribution in [0.3, 0.4) is 0 Å². The zero-order valence-electron chi connectivity index (χ0n) is 9.21. The summed E-state index contributed by atoms with van der Waals surface area (Å²) in [5.41, 5.74) is 1.09. The Bertz CT molecular complexity index is 371. The topological polar surface area (TPSA) is 44.8 Å². The maximum Gasteiger partial charge on any atom is 0.237 e. The molecule has 0 fully saturated rings. The first-order valence-electron chi connectivity index (χ1n) is 4.37. The van der Waals surface area contributed by atoms with Gasteiger partial charge in [-0.1, -0.05) is 0 Å². The molecule has 0 aromatic heterocycles. The number of aryl methyl sites for hydroxylation is 1. The number of carbonyl (C=O) groups excluding carboxylic acids is 1. The molecule has 0 spiro atoms. The van der Waals surface area contributed by atoms with Crippen molar-refractivity contribution in [3.63, 3.8) is 0 Å². The van der Waals surface area contributed by atoms with Crippen LogP contribution in [0.5, 0.6) is 17.2 Å². The van der Waals surface area contributed by atoms with Crippen LogP contribution in [0.25, 0.3) is 0 Å². The van der Waals surface area contributed by atoms with Crippen LogP contribution in [0, 0.1) is 6.92 Å². The summed E-state index contributed by atoms with van der Waals surface area (Å²) in [6.07, 6.45) is 1.83. The van der Waals surface area contributed by atoms with E-state index in [0.29, 0.717) is 22.8 Å². The van der Waals surface area contributed by atoms with Crippen molar-refractivity contribution < 1.29 is 19.0 Å². The largest absolute Gasteiger partial charge is 0.493 e. The van der Waals surface area contributed by atoms with Crippen LogP contribution in [0.1, 0.15) is 11.1 Å². The molecule has 1 rings (SSSR count). The van der Waals surface area contributed by atoms with E-state index in [1.807, 2.05) is 6.29 Å². The lowest BCUT2D eigenvalue weighted by molar-refractivity contribution is 0.323. The van der Waals surface area contributed by atoms with E-state index in [-0.39, 0.29) is 0 Å². The van der Waals surface area contributed by atoms with Gasteiger partial charge in [-0.05, 0) is 18.6 Å². The number of ether oxygens (including phenoxy) is 3. The number of hydrogen-bond donors (Lipinski definition) is 0. The molecule has 81 valence electrons. The van der Waals surface area contributed by atoms with Gasteiger partial charge >= 0.3 is 0 Å². The van der Waals surface area contributed by atoms with Crippen LogP contribution in [-0.4, -0.2) is 27.6 Å². The molecule has 4 nitrogen and oxygen atoms in total. The van der Waals surface area contributed by atoms with E-state index in [9.17, 15) is 4.79 Å². The smallest absolute Gasteiger partial charge is 0.237 e. The number of benzene rings is 1. The van der Waals surface area contributed by atoms with Crippen molar-refractivity contribution >= 4 is 6.29 Å². The van der Waals surface area contributed by atoms with Crippen molar-refractivity contribution in [3.8, 4) is 17.2 Å². The van der Waals surface area contributed by atoms with Crippen molar-refractivity contribution in [2.24, 2.45) is 0 Å². The van der Waals surface area contributed by atoms with Gasteiger partial charge in [-0.2, -0.15) is 0 Å². The Kier molecular flexibility index (Phi) is 3.55. The number of rotatable bonds is 4. The molecule has 1 aromatic carbocycles. The first-order valence-corrected chi connectivity index (χ1v) is 4.37. The maximum absolute atomic E-state index is 10.8. The second kappa shape index (κ2) is 4.68. The molecule has 0 bridgehead atoms. The predicted octanol–water partition coefficient (Wildman–Crippen LogP) is 1.48. The van der Waals surface area contributed by atoms with E-state index in [0.717, 1.165) is 5.56 Å². The standard InChI is InChI=1S/C11H13O4/c1-7-5-9(13-2)11(15-4)10(14-3)8(7)6-12/h5H,1-4H3. The zero-order valence-corrected chi connectivity index (χ0v) is 9.21. The Balaban J connectivity index is 3.51. The van der Waals surface area contributed by atoms with Gasteiger partial charge in [-0.15, -0.1) is 0 Å². The first kappa shape index (κ1) is 11.4. The Hall–Kier alpha value is -1.71. The van der Waals surface area contributed by atoms with Crippen LogP contribution >= 0.6 is 0 Å². The average Bonchev–Trinajstić information content (AvgIpc) is 2.27. The Morgan fingerprint density at radius 1 is 1.07 bits per heavy atom. The minimum atomic E-state index is 0.351. The molecule has 0 aliphatic carbocycles. The lowest BCUT2D eigenvalue weighted by Gasteiger charge is -2.14. The van der Waals surface area contributed by atoms with Crippen LogP contribution in [0.15, 0.2) is 6.07 Å². The summed E-state index contributed by atoms with van der Waals surface area (Å²) >= 11 is 0. The maximum atomic E-state index is 10.8. The van der Waals surface area contributed by atoms with Gasteiger partial charge in [-0.25, -0.2) is 0 Å². The Morgan fingerprint density at radius 2 is 1.67 bits per heavy atom. The third-order valence-electron chi connectivity index (χ3n) is 2.13. The van der Waals surface area contributed by atoms with Gasteiger partial charge in [0.25, 0.3) is 0 Å². The molecule has 15 heavy (non-hydrogen) atoms. The molecule has 0 amide bonds. The highest BCUT2D eigenvalue weighted by Crippen LogP contribution is 2.40. The van der Waals surface area contributed by atoms with Gasteiger partial charge in [0, 0.05) is 0 Å². The van der Waals surface area contributed by atoms with E-state index in [4.69, 9.17) is 14.2 Å². The predicted molar refractivity (Wildman–Crippen MR) is 55.6 cm³/mol. The van der Waals surface area contributed by atoms with Gasteiger partial charge < -0.3 is 14.2 Å². The van der Waals surface area contributed by atoms with Gasteiger partial charge in [0.2, 0.25) is 12.0 Å². The average molecular weight is 209 g/mol. The third-order valence-corrected chi connectivity index (χ3v) is 2.13. The molecule has 0 aliphatic rings. The molecule has 1 aromatic rings. The van der Waals surface area contributed by atoms with E-state index in [1.54, 1.807) is 13.0 Å². The van der Waals surface area contributed by atoms with Gasteiger partial charge in [0.05, 0.1) is 26.9 Å². The quantitative estimate of drug-likeness (QED) is 0.753. The normalized spacial score (nSPS) is 9.60. The summed E-state index contributed by atoms with van der Waals surface area (Å²) < 4.78 is 15.4. The molecule has 0 N–H and O–H groups in total. The van der Waals surface area contributed by atoms with E-state index < -0.39 is 0 Å². The van der Waals surface area contributed by atoms with Gasteiger partial charge in [-0.3, -0.25) is 4.79 Å². The molecule has 4 heteroatoms. The third kappa shape index (κ3) is 1.88. The summed E-state index contributed by atoms with van der Waals surface area (Å²) in [7, 11) is 4.49. The molecule has 0 aliphatic heterocycles. The van der Waals surface area contributed by atoms with Crippen LogP contribution in [0.4, 0.5) is 0 Å². The van der Waals surface area contributed by atoms with Gasteiger partial charge in [0.1, 0.15) is 0 Å². The summed E-state index contributed by atoms with van der Waals surface area (Å²) in [6.45, 7) is 1.78. The molecule has 0 unspecified atom stereocenters. The minimum absolute atomic E-state index is 0.351. The highest BCUT2D eigenvalue weighted by molar-refractivity contribution is 5.85. The van der Waals surface area contributed by atoms with E-state index in [2.05, 4.69) is 0 Å². The summed E-state index contributed by atoms with van der Waals surface area (Å²) in [4.78, 5) is 10.8. The molecule has 0 saturated carbocycles. The minimum Gasteiger partial charge on any atom is -0.493 e. The Morgan fingerprint density at radius 3 is 2.07 bits per heavy atom. The zero-order chi connectivity index (χ0) is 11.4. The summed E-state index contributed by atoms with van der Waals surface area (Å²) in [6, 6.07) is 1.71. The fraction of sp³-hybridized carbons (Fsp3) is 0.364. The molecular formula is C11H13O4. The number of hydrogen-bond acceptors (Lipinski definition) is 4. The lowest BCUT2D eigenvalue weighted by Crippen LogP contribution is -2.00. The second-order valence-electron chi connectivity index (χ2n) is 2.94. The molecule has 0 heterocycles. The SMILES string of the molecule is COc1cc(C)c([C]=O)c(OC)c1OC. The highest BCUT2D eigenvalue weighted by Gasteiger charge is 2.18. The molecule has 0 saturated heterocycles. The Labute approximate surface area is 88.8 Å². The lowest BCUT2D eigenvalue weighted by atomic mass is 10.1. The van der Waals surface area contributed by atoms with Crippen molar-refractivity contribution in [1.29, 1.82) is 0 Å². The van der Waals surface area contributed by atoms with E-state index >= 15 is 0 Å². The molecular weight excluding hydrogens is 196 g/mol. The summed E-state index contributed by atoms with van der Waals surface area (Å²) in [5.74, 6) is 1.29. The van der Waals surface area contributed by atoms with Crippen LogP contribution in [0.2, 0.25) is 0 Å².